The maximum Gasteiger partial charge on any atom is 0.420 e. The average molecular weight is 360 g/mol. The van der Waals surface area contributed by atoms with Crippen molar-refractivity contribution in [1.29, 1.82) is 5.41 Å². The normalized spacial score (nSPS) is 10.5. The monoisotopic (exact) mass is 359 g/mol. The van der Waals surface area contributed by atoms with E-state index in [0.29, 0.717) is 6.07 Å². The van der Waals surface area contributed by atoms with Gasteiger partial charge in [0.1, 0.15) is 11.5 Å². The van der Waals surface area contributed by atoms with E-state index in [4.69, 9.17) is 15.9 Å². The first-order valence-corrected chi connectivity index (χ1v) is 6.37. The lowest BCUT2D eigenvalue weighted by molar-refractivity contribution is -0.138. The van der Waals surface area contributed by atoms with Crippen LogP contribution in [0.2, 0.25) is 0 Å². The first-order valence-electron chi connectivity index (χ1n) is 6.37. The van der Waals surface area contributed by atoms with Crippen molar-refractivity contribution in [1.82, 2.24) is 5.32 Å². The molecule has 0 aliphatic rings. The number of amides is 1. The van der Waals surface area contributed by atoms with Gasteiger partial charge >= 0.3 is 6.18 Å². The van der Waals surface area contributed by atoms with Gasteiger partial charge in [0.05, 0.1) is 5.56 Å². The standard InChI is InChI=1S/C15H12F3N3O2.ClH/c16-15(17,18)11-8-9(13(22)21-14(19)20)6-7-12(11)23-10-4-2-1-3-5-10;/h1-8H,(H4,19,20,21,22);1H. The number of para-hydroxylation sites is 1. The summed E-state index contributed by atoms with van der Waals surface area (Å²) in [5.74, 6) is -1.76. The molecule has 0 unspecified atom stereocenters. The molecule has 0 aromatic heterocycles. The second kappa shape index (κ2) is 7.69. The fraction of sp³-hybridized carbons (Fsp3) is 0.0667. The van der Waals surface area contributed by atoms with Crippen LogP contribution in [0.4, 0.5) is 13.2 Å². The number of alkyl halides is 3. The van der Waals surface area contributed by atoms with Gasteiger partial charge in [-0.2, -0.15) is 13.2 Å². The van der Waals surface area contributed by atoms with E-state index in [0.717, 1.165) is 12.1 Å². The second-order valence-corrected chi connectivity index (χ2v) is 4.49. The van der Waals surface area contributed by atoms with Crippen molar-refractivity contribution in [2.45, 2.75) is 6.18 Å². The minimum Gasteiger partial charge on any atom is -0.457 e. The molecule has 1 amide bonds. The molecule has 0 aliphatic carbocycles. The minimum atomic E-state index is -4.71. The van der Waals surface area contributed by atoms with Gasteiger partial charge in [-0.05, 0) is 30.3 Å². The summed E-state index contributed by atoms with van der Waals surface area (Å²) < 4.78 is 44.8. The van der Waals surface area contributed by atoms with Gasteiger partial charge in [0.15, 0.2) is 5.96 Å². The lowest BCUT2D eigenvalue weighted by atomic mass is 10.1. The van der Waals surface area contributed by atoms with Crippen molar-refractivity contribution in [2.75, 3.05) is 0 Å². The fourth-order valence-corrected chi connectivity index (χ4v) is 1.79. The molecule has 0 saturated heterocycles. The summed E-state index contributed by atoms with van der Waals surface area (Å²) >= 11 is 0. The fourth-order valence-electron chi connectivity index (χ4n) is 1.79. The van der Waals surface area contributed by atoms with Crippen LogP contribution < -0.4 is 15.8 Å². The third kappa shape index (κ3) is 4.88. The molecular formula is C15H13ClF3N3O2. The average Bonchev–Trinajstić information content (AvgIpc) is 2.46. The molecule has 0 spiro atoms. The first kappa shape index (κ1) is 19.3. The highest BCUT2D eigenvalue weighted by Crippen LogP contribution is 2.38. The molecular weight excluding hydrogens is 347 g/mol. The van der Waals surface area contributed by atoms with Gasteiger partial charge in [-0.1, -0.05) is 18.2 Å². The van der Waals surface area contributed by atoms with Gasteiger partial charge in [-0.15, -0.1) is 12.4 Å². The Balaban J connectivity index is 0.00000288. The smallest absolute Gasteiger partial charge is 0.420 e. The van der Waals surface area contributed by atoms with E-state index < -0.39 is 29.4 Å². The third-order valence-electron chi connectivity index (χ3n) is 2.77. The summed E-state index contributed by atoms with van der Waals surface area (Å²) in [6.07, 6.45) is -4.71. The molecule has 0 atom stereocenters. The molecule has 128 valence electrons. The van der Waals surface area contributed by atoms with E-state index in [9.17, 15) is 18.0 Å². The molecule has 2 aromatic carbocycles. The number of halogens is 4. The highest BCUT2D eigenvalue weighted by Gasteiger charge is 2.35. The van der Waals surface area contributed by atoms with Crippen LogP contribution >= 0.6 is 12.4 Å². The summed E-state index contributed by atoms with van der Waals surface area (Å²) in [6, 6.07) is 10.8. The maximum atomic E-state index is 13.2. The highest BCUT2D eigenvalue weighted by molar-refractivity contribution is 6.04. The third-order valence-corrected chi connectivity index (χ3v) is 2.77. The van der Waals surface area contributed by atoms with Gasteiger partial charge < -0.3 is 10.5 Å². The molecule has 0 saturated carbocycles. The Bertz CT molecular complexity index is 736. The number of guanidine groups is 1. The number of benzene rings is 2. The van der Waals surface area contributed by atoms with E-state index in [1.54, 1.807) is 18.2 Å². The van der Waals surface area contributed by atoms with E-state index in [-0.39, 0.29) is 23.7 Å². The van der Waals surface area contributed by atoms with Crippen molar-refractivity contribution in [3.05, 3.63) is 59.7 Å². The lowest BCUT2D eigenvalue weighted by Crippen LogP contribution is -2.35. The van der Waals surface area contributed by atoms with Crippen LogP contribution in [0, 0.1) is 5.41 Å². The molecule has 0 heterocycles. The lowest BCUT2D eigenvalue weighted by Gasteiger charge is -2.15. The molecule has 0 bridgehead atoms. The Morgan fingerprint density at radius 1 is 1.12 bits per heavy atom. The van der Waals surface area contributed by atoms with Crippen LogP contribution in [-0.4, -0.2) is 11.9 Å². The zero-order chi connectivity index (χ0) is 17.0. The number of carbonyl (C=O) groups is 1. The molecule has 5 nitrogen and oxygen atoms in total. The Labute approximate surface area is 141 Å². The topological polar surface area (TPSA) is 88.2 Å². The Morgan fingerprint density at radius 2 is 1.75 bits per heavy atom. The largest absolute Gasteiger partial charge is 0.457 e. The van der Waals surface area contributed by atoms with E-state index in [1.807, 2.05) is 5.32 Å². The zero-order valence-corrected chi connectivity index (χ0v) is 12.9. The number of nitrogens with one attached hydrogen (secondary N) is 2. The summed E-state index contributed by atoms with van der Waals surface area (Å²) in [6.45, 7) is 0. The molecule has 2 rings (SSSR count). The Kier molecular flexibility index (Phi) is 6.19. The van der Waals surface area contributed by atoms with Crippen LogP contribution in [-0.2, 0) is 6.18 Å². The SMILES string of the molecule is Cl.N=C(N)NC(=O)c1ccc(Oc2ccccc2)c(C(F)(F)F)c1. The quantitative estimate of drug-likeness (QED) is 0.578. The van der Waals surface area contributed by atoms with Crippen molar-refractivity contribution in [2.24, 2.45) is 5.73 Å². The number of ether oxygens (including phenoxy) is 1. The van der Waals surface area contributed by atoms with Crippen molar-refractivity contribution < 1.29 is 22.7 Å². The summed E-state index contributed by atoms with van der Waals surface area (Å²) in [7, 11) is 0. The number of rotatable bonds is 3. The van der Waals surface area contributed by atoms with E-state index in [2.05, 4.69) is 0 Å². The van der Waals surface area contributed by atoms with Gasteiger partial charge in [-0.3, -0.25) is 15.5 Å². The van der Waals surface area contributed by atoms with Crippen LogP contribution in [0.15, 0.2) is 48.5 Å². The number of nitrogens with two attached hydrogens (primary N) is 1. The predicted octanol–water partition coefficient (Wildman–Crippen LogP) is 3.54. The molecule has 9 heteroatoms. The van der Waals surface area contributed by atoms with Crippen molar-refractivity contribution in [3.63, 3.8) is 0 Å². The van der Waals surface area contributed by atoms with Crippen LogP contribution in [0.25, 0.3) is 0 Å². The van der Waals surface area contributed by atoms with Crippen LogP contribution in [0.3, 0.4) is 0 Å². The van der Waals surface area contributed by atoms with Crippen molar-refractivity contribution >= 4 is 24.3 Å². The summed E-state index contributed by atoms with van der Waals surface area (Å²) in [4.78, 5) is 11.7. The van der Waals surface area contributed by atoms with Crippen molar-refractivity contribution in [3.8, 4) is 11.5 Å². The number of hydrogen-bond acceptors (Lipinski definition) is 3. The van der Waals surface area contributed by atoms with Gasteiger partial charge in [0.25, 0.3) is 5.91 Å². The van der Waals surface area contributed by atoms with Gasteiger partial charge in [0.2, 0.25) is 0 Å². The minimum absolute atomic E-state index is 0. The second-order valence-electron chi connectivity index (χ2n) is 4.49. The zero-order valence-electron chi connectivity index (χ0n) is 12.1. The highest BCUT2D eigenvalue weighted by atomic mass is 35.5. The summed E-state index contributed by atoms with van der Waals surface area (Å²) in [5.41, 5.74) is 3.61. The molecule has 0 aliphatic heterocycles. The molecule has 4 N–H and O–H groups in total. The number of carbonyl (C=O) groups excluding carboxylic acids is 1. The summed E-state index contributed by atoms with van der Waals surface area (Å²) in [5, 5.41) is 8.86. The van der Waals surface area contributed by atoms with Gasteiger partial charge in [0, 0.05) is 5.56 Å². The van der Waals surface area contributed by atoms with Crippen LogP contribution in [0.1, 0.15) is 15.9 Å². The molecule has 2 aromatic rings. The maximum absolute atomic E-state index is 13.2. The molecule has 24 heavy (non-hydrogen) atoms. The Hall–Kier alpha value is -2.74. The van der Waals surface area contributed by atoms with Crippen LogP contribution in [0.5, 0.6) is 11.5 Å². The molecule has 0 radical (unpaired) electrons. The Morgan fingerprint density at radius 3 is 2.29 bits per heavy atom. The van der Waals surface area contributed by atoms with E-state index >= 15 is 0 Å². The predicted molar refractivity (Wildman–Crippen MR) is 84.6 cm³/mol. The van der Waals surface area contributed by atoms with Gasteiger partial charge in [-0.25, -0.2) is 0 Å². The first-order chi connectivity index (χ1) is 10.8. The number of hydrogen-bond donors (Lipinski definition) is 3. The van der Waals surface area contributed by atoms with E-state index in [1.165, 1.54) is 12.1 Å². The molecule has 0 fully saturated rings.